The zero-order valence-electron chi connectivity index (χ0n) is 20.5. The van der Waals surface area contributed by atoms with E-state index in [0.717, 1.165) is 35.1 Å². The number of anilines is 1. The van der Waals surface area contributed by atoms with Crippen molar-refractivity contribution in [2.24, 2.45) is 7.05 Å². The first-order valence-corrected chi connectivity index (χ1v) is 13.0. The monoisotopic (exact) mass is 496 g/mol. The Kier molecular flexibility index (Phi) is 8.35. The molecule has 0 amide bonds. The predicted molar refractivity (Wildman–Crippen MR) is 140 cm³/mol. The van der Waals surface area contributed by atoms with Gasteiger partial charge in [-0.2, -0.15) is 5.26 Å². The molecule has 3 rings (SSSR count). The van der Waals surface area contributed by atoms with Crippen molar-refractivity contribution in [2.45, 2.75) is 26.9 Å². The van der Waals surface area contributed by atoms with Crippen molar-refractivity contribution in [3.63, 3.8) is 0 Å². The highest BCUT2D eigenvalue weighted by molar-refractivity contribution is 7.93. The number of allylic oxidation sites excluding steroid dienone is 2. The minimum absolute atomic E-state index is 0.289. The second kappa shape index (κ2) is 11.1. The largest absolute Gasteiger partial charge is 0.394 e. The van der Waals surface area contributed by atoms with Gasteiger partial charge in [0.25, 0.3) is 10.0 Å². The number of nitrogens with zero attached hydrogens (tertiary/aromatic N) is 3. The quantitative estimate of drug-likeness (QED) is 0.371. The zero-order valence-corrected chi connectivity index (χ0v) is 21.3. The van der Waals surface area contributed by atoms with Gasteiger partial charge >= 0.3 is 0 Å². The standard InChI is InChI=1S/C26H32N4O4S/c1-5-30(6-2)22-10-9-19-13-21(8-7-20(19)14-22)25-12-11-24(29(25)4)18(3)26(15-27)35(33,34)28-16-23(32)17-31/h7-14,23,28,31-32H,5-6,16-17H2,1-4H3. The molecule has 0 spiro atoms. The summed E-state index contributed by atoms with van der Waals surface area (Å²) in [5, 5.41) is 30.2. The second-order valence-corrected chi connectivity index (χ2v) is 10.0. The molecule has 0 radical (unpaired) electrons. The lowest BCUT2D eigenvalue weighted by molar-refractivity contribution is 0.0989. The molecule has 35 heavy (non-hydrogen) atoms. The van der Waals surface area contributed by atoms with Crippen LogP contribution in [0.25, 0.3) is 27.6 Å². The summed E-state index contributed by atoms with van der Waals surface area (Å²) in [4.78, 5) is 1.87. The summed E-state index contributed by atoms with van der Waals surface area (Å²) in [6, 6.07) is 18.1. The topological polar surface area (TPSA) is 119 Å². The van der Waals surface area contributed by atoms with E-state index in [2.05, 4.69) is 53.8 Å². The van der Waals surface area contributed by atoms with Crippen molar-refractivity contribution in [1.82, 2.24) is 9.29 Å². The van der Waals surface area contributed by atoms with Gasteiger partial charge < -0.3 is 19.7 Å². The van der Waals surface area contributed by atoms with E-state index in [1.165, 1.54) is 5.69 Å². The summed E-state index contributed by atoms with van der Waals surface area (Å²) in [5.74, 6) is 0. The number of rotatable bonds is 10. The van der Waals surface area contributed by atoms with Crippen LogP contribution in [0.2, 0.25) is 0 Å². The molecule has 0 bridgehead atoms. The van der Waals surface area contributed by atoms with Crippen molar-refractivity contribution < 1.29 is 18.6 Å². The van der Waals surface area contributed by atoms with Crippen LogP contribution in [0.15, 0.2) is 53.4 Å². The van der Waals surface area contributed by atoms with Gasteiger partial charge in [-0.1, -0.05) is 18.2 Å². The molecule has 186 valence electrons. The van der Waals surface area contributed by atoms with Gasteiger partial charge in [0.15, 0.2) is 4.91 Å². The second-order valence-electron chi connectivity index (χ2n) is 8.34. The van der Waals surface area contributed by atoms with Crippen molar-refractivity contribution in [3.05, 3.63) is 59.1 Å². The fourth-order valence-corrected chi connectivity index (χ4v) is 5.34. The Labute approximate surface area is 206 Å². The molecule has 9 heteroatoms. The van der Waals surface area contributed by atoms with Crippen LogP contribution in [0.3, 0.4) is 0 Å². The van der Waals surface area contributed by atoms with Gasteiger partial charge in [0.05, 0.1) is 12.7 Å². The molecule has 1 aromatic heterocycles. The Hall–Kier alpha value is -3.16. The first kappa shape index (κ1) is 26.4. The predicted octanol–water partition coefficient (Wildman–Crippen LogP) is 3.22. The summed E-state index contributed by atoms with van der Waals surface area (Å²) in [7, 11) is -2.34. The summed E-state index contributed by atoms with van der Waals surface area (Å²) < 4.78 is 29.3. The Morgan fingerprint density at radius 3 is 2.40 bits per heavy atom. The average molecular weight is 497 g/mol. The third-order valence-corrected chi connectivity index (χ3v) is 7.67. The van der Waals surface area contributed by atoms with Crippen molar-refractivity contribution in [1.29, 1.82) is 5.26 Å². The average Bonchev–Trinajstić information content (AvgIpc) is 3.24. The maximum absolute atomic E-state index is 12.7. The van der Waals surface area contributed by atoms with E-state index in [1.807, 2.05) is 23.7 Å². The number of aliphatic hydroxyl groups is 2. The van der Waals surface area contributed by atoms with E-state index in [9.17, 15) is 18.8 Å². The first-order valence-electron chi connectivity index (χ1n) is 11.5. The van der Waals surface area contributed by atoms with Crippen molar-refractivity contribution in [3.8, 4) is 17.3 Å². The number of fused-ring (bicyclic) bond motifs is 1. The number of nitriles is 1. The van der Waals surface area contributed by atoms with E-state index in [-0.39, 0.29) is 12.1 Å². The van der Waals surface area contributed by atoms with Crippen LogP contribution in [0.1, 0.15) is 26.5 Å². The Bertz CT molecular complexity index is 1380. The van der Waals surface area contributed by atoms with E-state index in [4.69, 9.17) is 5.11 Å². The fraction of sp³-hybridized carbons (Fsp3) is 0.346. The molecular weight excluding hydrogens is 464 g/mol. The van der Waals surface area contributed by atoms with E-state index < -0.39 is 27.6 Å². The van der Waals surface area contributed by atoms with Crippen LogP contribution in [0.4, 0.5) is 5.69 Å². The summed E-state index contributed by atoms with van der Waals surface area (Å²) in [6.45, 7) is 6.76. The number of aliphatic hydroxyl groups excluding tert-OH is 2. The molecule has 1 atom stereocenters. The summed E-state index contributed by atoms with van der Waals surface area (Å²) >= 11 is 0. The van der Waals surface area contributed by atoms with Gasteiger partial charge in [0.2, 0.25) is 0 Å². The molecule has 8 nitrogen and oxygen atoms in total. The van der Waals surface area contributed by atoms with Crippen molar-refractivity contribution in [2.75, 3.05) is 31.1 Å². The number of sulfonamides is 1. The van der Waals surface area contributed by atoms with E-state index in [0.29, 0.717) is 5.69 Å². The molecule has 1 heterocycles. The molecule has 0 saturated heterocycles. The highest BCUT2D eigenvalue weighted by atomic mass is 32.2. The van der Waals surface area contributed by atoms with Crippen LogP contribution >= 0.6 is 0 Å². The molecule has 0 aliphatic heterocycles. The van der Waals surface area contributed by atoms with Crippen LogP contribution < -0.4 is 9.62 Å². The third-order valence-electron chi connectivity index (χ3n) is 6.18. The number of aromatic nitrogens is 1. The van der Waals surface area contributed by atoms with Crippen molar-refractivity contribution >= 4 is 32.1 Å². The van der Waals surface area contributed by atoms with Gasteiger partial charge in [0.1, 0.15) is 6.07 Å². The molecule has 3 N–H and O–H groups in total. The highest BCUT2D eigenvalue weighted by Gasteiger charge is 2.23. The van der Waals surface area contributed by atoms with E-state index >= 15 is 0 Å². The van der Waals surface area contributed by atoms with Gasteiger partial charge in [-0.25, -0.2) is 13.1 Å². The smallest absolute Gasteiger partial charge is 0.251 e. The maximum atomic E-state index is 12.7. The molecule has 0 fully saturated rings. The summed E-state index contributed by atoms with van der Waals surface area (Å²) in [6.07, 6.45) is -1.25. The highest BCUT2D eigenvalue weighted by Crippen LogP contribution is 2.31. The first-order chi connectivity index (χ1) is 16.7. The van der Waals surface area contributed by atoms with Crippen LogP contribution in [0.5, 0.6) is 0 Å². The normalized spacial score (nSPS) is 13.4. The third kappa shape index (κ3) is 5.57. The Morgan fingerprint density at radius 1 is 1.11 bits per heavy atom. The molecular formula is C26H32N4O4S. The molecule has 1 unspecified atom stereocenters. The lowest BCUT2D eigenvalue weighted by Crippen LogP contribution is -2.34. The lowest BCUT2D eigenvalue weighted by Gasteiger charge is -2.21. The molecule has 0 aliphatic carbocycles. The van der Waals surface area contributed by atoms with Gasteiger partial charge in [0, 0.05) is 49.3 Å². The Balaban J connectivity index is 1.98. The fourth-order valence-electron chi connectivity index (χ4n) is 4.16. The van der Waals surface area contributed by atoms with Crippen LogP contribution in [0, 0.1) is 11.3 Å². The number of hydrogen-bond donors (Lipinski definition) is 3. The molecule has 0 saturated carbocycles. The van der Waals surface area contributed by atoms with Gasteiger partial charge in [-0.05, 0) is 67.4 Å². The molecule has 0 aliphatic rings. The summed E-state index contributed by atoms with van der Waals surface area (Å²) in [5.41, 5.74) is 3.91. The van der Waals surface area contributed by atoms with Crippen LogP contribution in [-0.4, -0.2) is 55.5 Å². The maximum Gasteiger partial charge on any atom is 0.251 e. The lowest BCUT2D eigenvalue weighted by atomic mass is 10.0. The van der Waals surface area contributed by atoms with Gasteiger partial charge in [-0.3, -0.25) is 0 Å². The number of hydrogen-bond acceptors (Lipinski definition) is 6. The van der Waals surface area contributed by atoms with Crippen LogP contribution in [-0.2, 0) is 17.1 Å². The molecule has 3 aromatic rings. The van der Waals surface area contributed by atoms with E-state index in [1.54, 1.807) is 19.1 Å². The minimum Gasteiger partial charge on any atom is -0.394 e. The number of benzene rings is 2. The van der Waals surface area contributed by atoms with Gasteiger partial charge in [-0.15, -0.1) is 0 Å². The molecule has 2 aromatic carbocycles. The Morgan fingerprint density at radius 2 is 1.77 bits per heavy atom. The minimum atomic E-state index is -4.16. The zero-order chi connectivity index (χ0) is 25.8. The number of nitrogens with one attached hydrogen (secondary N) is 1. The SMILES string of the molecule is CCN(CC)c1ccc2cc(-c3ccc(C(C)=C(C#N)S(=O)(=O)NCC(O)CO)n3C)ccc2c1.